The second kappa shape index (κ2) is 8.50. The Morgan fingerprint density at radius 3 is 2.69 bits per heavy atom. The molecule has 2 N–H and O–H groups in total. The fourth-order valence-corrected chi connectivity index (χ4v) is 4.30. The third kappa shape index (κ3) is 4.73. The van der Waals surface area contributed by atoms with Gasteiger partial charge in [0.25, 0.3) is 0 Å². The molecule has 1 aliphatic rings. The van der Waals surface area contributed by atoms with E-state index in [1.54, 1.807) is 19.1 Å². The van der Waals surface area contributed by atoms with Crippen molar-refractivity contribution in [1.82, 2.24) is 14.9 Å². The molecule has 0 radical (unpaired) electrons. The van der Waals surface area contributed by atoms with Crippen LogP contribution in [-0.2, 0) is 19.6 Å². The molecular weight excluding hydrogens is 358 g/mol. The molecule has 1 aromatic carbocycles. The molecule has 1 atom stereocenters. The monoisotopic (exact) mass is 383 g/mol. The lowest BCUT2D eigenvalue weighted by Crippen LogP contribution is -2.47. The Labute approximate surface area is 153 Å². The summed E-state index contributed by atoms with van der Waals surface area (Å²) in [5.41, 5.74) is 1.51. The molecule has 0 saturated carbocycles. The van der Waals surface area contributed by atoms with Crippen molar-refractivity contribution in [3.63, 3.8) is 0 Å². The maximum absolute atomic E-state index is 12.4. The van der Waals surface area contributed by atoms with Gasteiger partial charge in [0.15, 0.2) is 0 Å². The van der Waals surface area contributed by atoms with Gasteiger partial charge in [-0.3, -0.25) is 9.69 Å². The largest absolute Gasteiger partial charge is 0.453 e. The smallest absolute Gasteiger partial charge is 0.410 e. The highest BCUT2D eigenvalue weighted by Crippen LogP contribution is 2.18. The average Bonchev–Trinajstić information content (AvgIpc) is 3.09. The molecule has 26 heavy (non-hydrogen) atoms. The number of hydrogen-bond acceptors (Lipinski definition) is 5. The molecule has 0 aromatic heterocycles. The van der Waals surface area contributed by atoms with Gasteiger partial charge < -0.3 is 10.1 Å². The Hall–Kier alpha value is -2.13. The first-order chi connectivity index (χ1) is 12.3. The fourth-order valence-electron chi connectivity index (χ4n) is 2.94. The molecule has 2 amide bonds. The van der Waals surface area contributed by atoms with E-state index in [9.17, 15) is 18.0 Å². The summed E-state index contributed by atoms with van der Waals surface area (Å²) < 4.78 is 31.9. The van der Waals surface area contributed by atoms with Gasteiger partial charge in [0.2, 0.25) is 15.9 Å². The number of nitrogens with one attached hydrogen (secondary N) is 2. The number of rotatable bonds is 6. The van der Waals surface area contributed by atoms with Crippen molar-refractivity contribution >= 4 is 22.0 Å². The summed E-state index contributed by atoms with van der Waals surface area (Å²) in [7, 11) is -2.37. The van der Waals surface area contributed by atoms with Crippen molar-refractivity contribution in [3.05, 3.63) is 29.3 Å². The van der Waals surface area contributed by atoms with Crippen LogP contribution in [0, 0.1) is 13.8 Å². The fraction of sp³-hybridized carbons (Fsp3) is 0.529. The van der Waals surface area contributed by atoms with E-state index in [1.165, 1.54) is 12.0 Å². The highest BCUT2D eigenvalue weighted by molar-refractivity contribution is 7.89. The third-order valence-corrected chi connectivity index (χ3v) is 5.92. The molecule has 0 bridgehead atoms. The second-order valence-electron chi connectivity index (χ2n) is 6.28. The molecule has 144 valence electrons. The number of nitrogens with zero attached hydrogens (tertiary/aromatic N) is 1. The maximum atomic E-state index is 12.4. The van der Waals surface area contributed by atoms with Crippen LogP contribution in [0.25, 0.3) is 0 Å². The van der Waals surface area contributed by atoms with E-state index in [1.807, 2.05) is 13.0 Å². The van der Waals surface area contributed by atoms with Gasteiger partial charge in [-0.15, -0.1) is 0 Å². The summed E-state index contributed by atoms with van der Waals surface area (Å²) in [6.45, 7) is 4.23. The predicted molar refractivity (Wildman–Crippen MR) is 96.2 cm³/mol. The van der Waals surface area contributed by atoms with Crippen molar-refractivity contribution in [2.45, 2.75) is 37.6 Å². The Morgan fingerprint density at radius 2 is 2.00 bits per heavy atom. The first-order valence-electron chi connectivity index (χ1n) is 8.45. The van der Waals surface area contributed by atoms with E-state index < -0.39 is 22.2 Å². The summed E-state index contributed by atoms with van der Waals surface area (Å²) >= 11 is 0. The Bertz CT molecular complexity index is 779. The SMILES string of the molecule is COC(=O)N1CCCC1C(=O)NCCNS(=O)(=O)c1cc(C)ccc1C. The summed E-state index contributed by atoms with van der Waals surface area (Å²) in [5, 5.41) is 2.67. The van der Waals surface area contributed by atoms with Gasteiger partial charge in [-0.1, -0.05) is 12.1 Å². The van der Waals surface area contributed by atoms with Gasteiger partial charge in [0.1, 0.15) is 6.04 Å². The molecule has 2 rings (SSSR count). The molecule has 1 saturated heterocycles. The molecule has 0 spiro atoms. The average molecular weight is 383 g/mol. The lowest BCUT2D eigenvalue weighted by atomic mass is 10.2. The standard InChI is InChI=1S/C17H25N3O5S/c1-12-6-7-13(2)15(11-12)26(23,24)19-9-8-18-16(21)14-5-4-10-20(14)17(22)25-3/h6-7,11,14,19H,4-5,8-10H2,1-3H3,(H,18,21). The van der Waals surface area contributed by atoms with Gasteiger partial charge in [0, 0.05) is 19.6 Å². The Balaban J connectivity index is 1.87. The number of amides is 2. The summed E-state index contributed by atoms with van der Waals surface area (Å²) in [4.78, 5) is 25.5. The van der Waals surface area contributed by atoms with Crippen LogP contribution in [0.1, 0.15) is 24.0 Å². The number of methoxy groups -OCH3 is 1. The molecular formula is C17H25N3O5S. The molecule has 1 aromatic rings. The first kappa shape index (κ1) is 20.2. The van der Waals surface area contributed by atoms with E-state index in [0.717, 1.165) is 12.0 Å². The Kier molecular flexibility index (Phi) is 6.60. The van der Waals surface area contributed by atoms with Gasteiger partial charge in [0.05, 0.1) is 12.0 Å². The van der Waals surface area contributed by atoms with E-state index in [-0.39, 0.29) is 23.9 Å². The number of sulfonamides is 1. The van der Waals surface area contributed by atoms with Crippen LogP contribution in [0.15, 0.2) is 23.1 Å². The second-order valence-corrected chi connectivity index (χ2v) is 8.01. The van der Waals surface area contributed by atoms with E-state index in [0.29, 0.717) is 18.5 Å². The zero-order chi connectivity index (χ0) is 19.3. The Morgan fingerprint density at radius 1 is 1.27 bits per heavy atom. The zero-order valence-electron chi connectivity index (χ0n) is 15.2. The van der Waals surface area contributed by atoms with Crippen LogP contribution in [0.4, 0.5) is 4.79 Å². The molecule has 1 fully saturated rings. The number of hydrogen-bond donors (Lipinski definition) is 2. The topological polar surface area (TPSA) is 105 Å². The molecule has 1 unspecified atom stereocenters. The number of ether oxygens (including phenoxy) is 1. The number of carbonyl (C=O) groups excluding carboxylic acids is 2. The van der Waals surface area contributed by atoms with E-state index >= 15 is 0 Å². The highest BCUT2D eigenvalue weighted by Gasteiger charge is 2.34. The van der Waals surface area contributed by atoms with Crippen LogP contribution in [0.3, 0.4) is 0 Å². The summed E-state index contributed by atoms with van der Waals surface area (Å²) in [5.74, 6) is -0.307. The van der Waals surface area contributed by atoms with Crippen molar-refractivity contribution < 1.29 is 22.7 Å². The van der Waals surface area contributed by atoms with Crippen LogP contribution >= 0.6 is 0 Å². The van der Waals surface area contributed by atoms with Crippen molar-refractivity contribution in [2.75, 3.05) is 26.7 Å². The number of likely N-dealkylation sites (tertiary alicyclic amines) is 1. The van der Waals surface area contributed by atoms with Crippen molar-refractivity contribution in [3.8, 4) is 0 Å². The molecule has 8 nitrogen and oxygen atoms in total. The number of carbonyl (C=O) groups is 2. The number of aryl methyl sites for hydroxylation is 2. The minimum Gasteiger partial charge on any atom is -0.453 e. The minimum absolute atomic E-state index is 0.0619. The normalized spacial score (nSPS) is 17.2. The maximum Gasteiger partial charge on any atom is 0.410 e. The number of benzene rings is 1. The minimum atomic E-state index is -3.64. The van der Waals surface area contributed by atoms with Crippen molar-refractivity contribution in [1.29, 1.82) is 0 Å². The molecule has 1 heterocycles. The van der Waals surface area contributed by atoms with Gasteiger partial charge in [-0.05, 0) is 43.9 Å². The summed E-state index contributed by atoms with van der Waals surface area (Å²) in [6.07, 6.45) is 0.764. The third-order valence-electron chi connectivity index (χ3n) is 4.31. The predicted octanol–water partition coefficient (Wildman–Crippen LogP) is 0.929. The van der Waals surface area contributed by atoms with Gasteiger partial charge in [-0.25, -0.2) is 17.9 Å². The van der Waals surface area contributed by atoms with Gasteiger partial charge >= 0.3 is 6.09 Å². The lowest BCUT2D eigenvalue weighted by Gasteiger charge is -2.22. The van der Waals surface area contributed by atoms with Crippen LogP contribution in [-0.4, -0.2) is 58.1 Å². The van der Waals surface area contributed by atoms with E-state index in [2.05, 4.69) is 14.8 Å². The quantitative estimate of drug-likeness (QED) is 0.711. The molecule has 0 aliphatic carbocycles. The van der Waals surface area contributed by atoms with Crippen molar-refractivity contribution in [2.24, 2.45) is 0 Å². The summed E-state index contributed by atoms with van der Waals surface area (Å²) in [6, 6.07) is 4.65. The first-order valence-corrected chi connectivity index (χ1v) is 9.94. The van der Waals surface area contributed by atoms with E-state index in [4.69, 9.17) is 0 Å². The van der Waals surface area contributed by atoms with Crippen LogP contribution in [0.5, 0.6) is 0 Å². The molecule has 9 heteroatoms. The lowest BCUT2D eigenvalue weighted by molar-refractivity contribution is -0.125. The van der Waals surface area contributed by atoms with Crippen LogP contribution < -0.4 is 10.0 Å². The van der Waals surface area contributed by atoms with Gasteiger partial charge in [-0.2, -0.15) is 0 Å². The molecule has 1 aliphatic heterocycles. The highest BCUT2D eigenvalue weighted by atomic mass is 32.2. The zero-order valence-corrected chi connectivity index (χ0v) is 16.1. The van der Waals surface area contributed by atoms with Crippen LogP contribution in [0.2, 0.25) is 0 Å².